The molecule has 1 aromatic heterocycles. The number of carbonyl (C=O) groups is 2. The maximum atomic E-state index is 11.5. The smallest absolute Gasteiger partial charge is 0.307 e. The van der Waals surface area contributed by atoms with Gasteiger partial charge >= 0.3 is 5.97 Å². The van der Waals surface area contributed by atoms with E-state index >= 15 is 0 Å². The van der Waals surface area contributed by atoms with Crippen LogP contribution in [0, 0.1) is 0 Å². The molecule has 4 nitrogen and oxygen atoms in total. The summed E-state index contributed by atoms with van der Waals surface area (Å²) >= 11 is 0. The lowest BCUT2D eigenvalue weighted by Crippen LogP contribution is -2.02. The number of aromatic nitrogens is 1. The van der Waals surface area contributed by atoms with E-state index in [1.807, 2.05) is 48.5 Å². The van der Waals surface area contributed by atoms with Crippen molar-refractivity contribution in [2.75, 3.05) is 0 Å². The number of carboxylic acid groups (broad SMARTS) is 1. The summed E-state index contributed by atoms with van der Waals surface area (Å²) < 4.78 is 1.62. The molecule has 0 aliphatic carbocycles. The van der Waals surface area contributed by atoms with E-state index < -0.39 is 5.97 Å². The Hall–Kier alpha value is -2.88. The van der Waals surface area contributed by atoms with Gasteiger partial charge in [0.15, 0.2) is 0 Å². The van der Waals surface area contributed by atoms with Gasteiger partial charge in [0.25, 0.3) is 0 Å². The zero-order valence-corrected chi connectivity index (χ0v) is 12.1. The Bertz CT molecular complexity index is 860. The number of hydrogen-bond donors (Lipinski definition) is 1. The second-order valence-electron chi connectivity index (χ2n) is 5.25. The molecule has 22 heavy (non-hydrogen) atoms. The molecule has 2 aromatic carbocycles. The highest BCUT2D eigenvalue weighted by atomic mass is 16.4. The summed E-state index contributed by atoms with van der Waals surface area (Å²) in [4.78, 5) is 22.2. The van der Waals surface area contributed by atoms with Crippen LogP contribution in [0.2, 0.25) is 0 Å². The minimum atomic E-state index is -0.834. The number of carboxylic acids is 1. The number of benzene rings is 2. The summed E-state index contributed by atoms with van der Waals surface area (Å²) in [6.07, 6.45) is 1.80. The van der Waals surface area contributed by atoms with Gasteiger partial charge in [-0.15, -0.1) is 0 Å². The fourth-order valence-corrected chi connectivity index (χ4v) is 2.59. The predicted octanol–water partition coefficient (Wildman–Crippen LogP) is 3.60. The normalized spacial score (nSPS) is 10.8. The van der Waals surface area contributed by atoms with Crippen LogP contribution in [0.1, 0.15) is 17.3 Å². The van der Waals surface area contributed by atoms with Crippen molar-refractivity contribution in [1.29, 1.82) is 0 Å². The Balaban J connectivity index is 1.96. The van der Waals surface area contributed by atoms with Gasteiger partial charge in [0.05, 0.1) is 11.9 Å². The van der Waals surface area contributed by atoms with E-state index in [-0.39, 0.29) is 12.3 Å². The molecule has 0 saturated carbocycles. The number of rotatable bonds is 3. The van der Waals surface area contributed by atoms with Crippen molar-refractivity contribution in [2.45, 2.75) is 13.3 Å². The van der Waals surface area contributed by atoms with Crippen LogP contribution in [-0.4, -0.2) is 21.6 Å². The second-order valence-corrected chi connectivity index (χ2v) is 5.25. The highest BCUT2D eigenvalue weighted by Crippen LogP contribution is 2.25. The third-order valence-electron chi connectivity index (χ3n) is 3.67. The fraction of sp³-hybridized carbons (Fsp3) is 0.111. The van der Waals surface area contributed by atoms with Crippen LogP contribution >= 0.6 is 0 Å². The maximum absolute atomic E-state index is 11.5. The molecule has 3 aromatic rings. The summed E-state index contributed by atoms with van der Waals surface area (Å²) in [7, 11) is 0. The molecule has 1 heterocycles. The maximum Gasteiger partial charge on any atom is 0.307 e. The molecule has 0 fully saturated rings. The van der Waals surface area contributed by atoms with Crippen molar-refractivity contribution in [2.24, 2.45) is 0 Å². The van der Waals surface area contributed by atoms with E-state index in [1.54, 1.807) is 10.8 Å². The molecule has 0 aliphatic rings. The van der Waals surface area contributed by atoms with Crippen LogP contribution in [0.4, 0.5) is 0 Å². The first kappa shape index (κ1) is 14.1. The van der Waals surface area contributed by atoms with Crippen LogP contribution in [-0.2, 0) is 11.2 Å². The van der Waals surface area contributed by atoms with Gasteiger partial charge in [0, 0.05) is 18.5 Å². The van der Waals surface area contributed by atoms with Crippen LogP contribution in [0.25, 0.3) is 22.0 Å². The monoisotopic (exact) mass is 293 g/mol. The summed E-state index contributed by atoms with van der Waals surface area (Å²) in [5, 5.41) is 9.79. The highest BCUT2D eigenvalue weighted by Gasteiger charge is 2.07. The first-order valence-corrected chi connectivity index (χ1v) is 6.98. The number of fused-ring (bicyclic) bond motifs is 1. The quantitative estimate of drug-likeness (QED) is 0.802. The van der Waals surface area contributed by atoms with Gasteiger partial charge in [-0.2, -0.15) is 0 Å². The average molecular weight is 293 g/mol. The molecular weight excluding hydrogens is 278 g/mol. The van der Waals surface area contributed by atoms with E-state index in [0.29, 0.717) is 0 Å². The van der Waals surface area contributed by atoms with Gasteiger partial charge in [-0.3, -0.25) is 14.2 Å². The summed E-state index contributed by atoms with van der Waals surface area (Å²) in [5.41, 5.74) is 3.72. The number of nitrogens with zero attached hydrogens (tertiary/aromatic N) is 1. The van der Waals surface area contributed by atoms with Crippen LogP contribution in [0.3, 0.4) is 0 Å². The van der Waals surface area contributed by atoms with Crippen LogP contribution < -0.4 is 0 Å². The third kappa shape index (κ3) is 2.63. The van der Waals surface area contributed by atoms with Crippen molar-refractivity contribution in [3.63, 3.8) is 0 Å². The highest BCUT2D eigenvalue weighted by molar-refractivity contribution is 5.93. The van der Waals surface area contributed by atoms with Gasteiger partial charge in [-0.1, -0.05) is 30.3 Å². The van der Waals surface area contributed by atoms with Crippen molar-refractivity contribution < 1.29 is 14.7 Å². The van der Waals surface area contributed by atoms with Gasteiger partial charge in [-0.05, 0) is 34.9 Å². The van der Waals surface area contributed by atoms with Crippen LogP contribution in [0.5, 0.6) is 0 Å². The van der Waals surface area contributed by atoms with Crippen molar-refractivity contribution >= 4 is 22.8 Å². The summed E-state index contributed by atoms with van der Waals surface area (Å²) in [6.45, 7) is 1.54. The van der Waals surface area contributed by atoms with Gasteiger partial charge in [-0.25, -0.2) is 0 Å². The molecule has 1 N–H and O–H groups in total. The number of aliphatic carboxylic acids is 1. The number of hydrogen-bond acceptors (Lipinski definition) is 2. The molecule has 0 saturated heterocycles. The molecule has 110 valence electrons. The molecule has 0 radical (unpaired) electrons. The van der Waals surface area contributed by atoms with E-state index in [9.17, 15) is 9.59 Å². The van der Waals surface area contributed by atoms with Gasteiger partial charge in [0.2, 0.25) is 5.91 Å². The first-order valence-electron chi connectivity index (χ1n) is 6.98. The number of carbonyl (C=O) groups excluding carboxylic acids is 1. The summed E-state index contributed by atoms with van der Waals surface area (Å²) in [5.74, 6) is -0.847. The van der Waals surface area contributed by atoms with Crippen molar-refractivity contribution in [1.82, 2.24) is 4.57 Å². The zero-order chi connectivity index (χ0) is 15.7. The lowest BCUT2D eigenvalue weighted by Gasteiger charge is -2.05. The largest absolute Gasteiger partial charge is 0.481 e. The molecular formula is C18H15NO3. The van der Waals surface area contributed by atoms with E-state index in [1.165, 1.54) is 6.92 Å². The SMILES string of the molecule is CC(=O)n1ccc2cc(-c3ccc(CC(=O)O)cc3)ccc21. The predicted molar refractivity (Wildman–Crippen MR) is 85.0 cm³/mol. The Kier molecular flexibility index (Phi) is 3.51. The summed E-state index contributed by atoms with van der Waals surface area (Å²) in [6, 6.07) is 15.3. The third-order valence-corrected chi connectivity index (χ3v) is 3.67. The Morgan fingerprint density at radius 1 is 1.00 bits per heavy atom. The molecule has 0 spiro atoms. The van der Waals surface area contributed by atoms with Gasteiger partial charge < -0.3 is 5.11 Å². The standard InChI is InChI=1S/C18H15NO3/c1-12(20)19-9-8-16-11-15(6-7-17(16)19)14-4-2-13(3-5-14)10-18(21)22/h2-9,11H,10H2,1H3,(H,21,22). The minimum absolute atomic E-state index is 0.0132. The Morgan fingerprint density at radius 3 is 2.32 bits per heavy atom. The van der Waals surface area contributed by atoms with Gasteiger partial charge in [0.1, 0.15) is 0 Å². The molecule has 0 aliphatic heterocycles. The van der Waals surface area contributed by atoms with Crippen molar-refractivity contribution in [3.05, 3.63) is 60.3 Å². The second kappa shape index (κ2) is 5.48. The van der Waals surface area contributed by atoms with E-state index in [0.717, 1.165) is 27.6 Å². The topological polar surface area (TPSA) is 59.3 Å². The Labute approximate surface area is 127 Å². The van der Waals surface area contributed by atoms with E-state index in [4.69, 9.17) is 5.11 Å². The molecule has 0 atom stereocenters. The lowest BCUT2D eigenvalue weighted by atomic mass is 10.0. The van der Waals surface area contributed by atoms with E-state index in [2.05, 4.69) is 0 Å². The van der Waals surface area contributed by atoms with Crippen LogP contribution in [0.15, 0.2) is 54.7 Å². The fourth-order valence-electron chi connectivity index (χ4n) is 2.59. The zero-order valence-electron chi connectivity index (χ0n) is 12.1. The lowest BCUT2D eigenvalue weighted by molar-refractivity contribution is -0.136. The molecule has 0 amide bonds. The molecule has 3 rings (SSSR count). The van der Waals surface area contributed by atoms with Crippen molar-refractivity contribution in [3.8, 4) is 11.1 Å². The molecule has 0 bridgehead atoms. The molecule has 4 heteroatoms. The molecule has 0 unspecified atom stereocenters. The minimum Gasteiger partial charge on any atom is -0.481 e. The Morgan fingerprint density at radius 2 is 1.68 bits per heavy atom. The first-order chi connectivity index (χ1) is 10.5. The average Bonchev–Trinajstić information content (AvgIpc) is 2.90.